The molecule has 0 bridgehead atoms. The molecule has 0 aliphatic heterocycles. The van der Waals surface area contributed by atoms with Crippen molar-refractivity contribution in [2.45, 2.75) is 32.2 Å². The molecule has 1 saturated carbocycles. The van der Waals surface area contributed by atoms with Gasteiger partial charge in [0.25, 0.3) is 5.91 Å². The fraction of sp³-hybridized carbons (Fsp3) is 0.462. The number of nitrogens with zero attached hydrogens (tertiary/aromatic N) is 2. The molecule has 1 N–H and O–H groups in total. The highest BCUT2D eigenvalue weighted by molar-refractivity contribution is 6.03. The van der Waals surface area contributed by atoms with E-state index in [9.17, 15) is 9.59 Å². The predicted molar refractivity (Wildman–Crippen MR) is 65.5 cm³/mol. The second kappa shape index (κ2) is 5.16. The summed E-state index contributed by atoms with van der Waals surface area (Å²) in [6, 6.07) is 3.21. The van der Waals surface area contributed by atoms with Crippen molar-refractivity contribution in [3.63, 3.8) is 0 Å². The third kappa shape index (κ3) is 2.50. The summed E-state index contributed by atoms with van der Waals surface area (Å²) in [5, 5.41) is 9.07. The second-order valence-electron chi connectivity index (χ2n) is 4.43. The summed E-state index contributed by atoms with van der Waals surface area (Å²) < 4.78 is 0. The van der Waals surface area contributed by atoms with E-state index in [1.54, 1.807) is 4.90 Å². The second-order valence-corrected chi connectivity index (χ2v) is 4.43. The number of pyridine rings is 1. The average Bonchev–Trinajstić information content (AvgIpc) is 3.19. The first-order valence-electron chi connectivity index (χ1n) is 6.14. The van der Waals surface area contributed by atoms with Crippen molar-refractivity contribution in [3.05, 3.63) is 29.6 Å². The first-order valence-corrected chi connectivity index (χ1v) is 6.14. The van der Waals surface area contributed by atoms with Crippen molar-refractivity contribution >= 4 is 11.9 Å². The number of amides is 1. The smallest absolute Gasteiger partial charge is 0.338 e. The maximum Gasteiger partial charge on any atom is 0.338 e. The van der Waals surface area contributed by atoms with E-state index in [2.05, 4.69) is 4.98 Å². The quantitative estimate of drug-likeness (QED) is 0.862. The lowest BCUT2D eigenvalue weighted by molar-refractivity contribution is 0.0668. The van der Waals surface area contributed by atoms with Crippen molar-refractivity contribution < 1.29 is 14.7 Å². The minimum Gasteiger partial charge on any atom is -0.478 e. The topological polar surface area (TPSA) is 70.5 Å². The van der Waals surface area contributed by atoms with E-state index in [1.807, 2.05) is 6.92 Å². The Morgan fingerprint density at radius 1 is 1.50 bits per heavy atom. The summed E-state index contributed by atoms with van der Waals surface area (Å²) in [5.74, 6) is -1.38. The molecule has 1 heterocycles. The van der Waals surface area contributed by atoms with Crippen LogP contribution in [-0.2, 0) is 0 Å². The van der Waals surface area contributed by atoms with E-state index in [4.69, 9.17) is 5.11 Å². The molecule has 0 unspecified atom stereocenters. The molecule has 0 aromatic carbocycles. The van der Waals surface area contributed by atoms with Gasteiger partial charge in [-0.25, -0.2) is 4.79 Å². The van der Waals surface area contributed by atoms with Crippen LogP contribution in [0.5, 0.6) is 0 Å². The van der Waals surface area contributed by atoms with Crippen molar-refractivity contribution in [2.24, 2.45) is 0 Å². The molecular weight excluding hydrogens is 232 g/mol. The van der Waals surface area contributed by atoms with E-state index in [1.165, 1.54) is 18.3 Å². The first-order chi connectivity index (χ1) is 8.65. The van der Waals surface area contributed by atoms with E-state index >= 15 is 0 Å². The minimum atomic E-state index is -1.11. The van der Waals surface area contributed by atoms with Gasteiger partial charge in [0.2, 0.25) is 0 Å². The number of carboxylic acid groups (broad SMARTS) is 1. The van der Waals surface area contributed by atoms with Crippen LogP contribution in [0.15, 0.2) is 18.3 Å². The molecule has 1 fully saturated rings. The van der Waals surface area contributed by atoms with Gasteiger partial charge in [-0.05, 0) is 31.4 Å². The van der Waals surface area contributed by atoms with Gasteiger partial charge < -0.3 is 10.0 Å². The molecule has 2 rings (SSSR count). The van der Waals surface area contributed by atoms with Crippen molar-refractivity contribution in [3.8, 4) is 0 Å². The summed E-state index contributed by atoms with van der Waals surface area (Å²) in [5.41, 5.74) is 0.0228. The molecule has 18 heavy (non-hydrogen) atoms. The summed E-state index contributed by atoms with van der Waals surface area (Å²) in [6.45, 7) is 2.65. The van der Waals surface area contributed by atoms with Gasteiger partial charge in [0.1, 0.15) is 5.69 Å². The molecule has 0 saturated heterocycles. The van der Waals surface area contributed by atoms with Crippen LogP contribution < -0.4 is 0 Å². The Bertz CT molecular complexity index is 469. The summed E-state index contributed by atoms with van der Waals surface area (Å²) >= 11 is 0. The molecule has 1 aromatic heterocycles. The molecule has 5 nitrogen and oxygen atoms in total. The number of hydrogen-bond donors (Lipinski definition) is 1. The Balaban J connectivity index is 2.29. The lowest BCUT2D eigenvalue weighted by Crippen LogP contribution is -2.35. The van der Waals surface area contributed by atoms with Crippen LogP contribution in [0.2, 0.25) is 0 Å². The normalized spacial score (nSPS) is 14.3. The zero-order valence-corrected chi connectivity index (χ0v) is 10.3. The van der Waals surface area contributed by atoms with Gasteiger partial charge in [0.05, 0.1) is 5.56 Å². The van der Waals surface area contributed by atoms with Gasteiger partial charge in [0, 0.05) is 18.8 Å². The molecule has 0 radical (unpaired) electrons. The number of hydrogen-bond acceptors (Lipinski definition) is 3. The monoisotopic (exact) mass is 248 g/mol. The highest BCUT2D eigenvalue weighted by Crippen LogP contribution is 2.28. The van der Waals surface area contributed by atoms with Gasteiger partial charge >= 0.3 is 5.97 Å². The first kappa shape index (κ1) is 12.5. The maximum atomic E-state index is 12.3. The standard InChI is InChI=1S/C13H16N2O3/c1-2-8-15(9-5-6-9)12(16)11-10(13(17)18)4-3-7-14-11/h3-4,7,9H,2,5-6,8H2,1H3,(H,17,18). The number of rotatable bonds is 5. The SMILES string of the molecule is CCCN(C(=O)c1ncccc1C(=O)O)C1CC1. The predicted octanol–water partition coefficient (Wildman–Crippen LogP) is 1.79. The molecule has 1 amide bonds. The van der Waals surface area contributed by atoms with Gasteiger partial charge in [-0.2, -0.15) is 0 Å². The third-order valence-electron chi connectivity index (χ3n) is 2.95. The zero-order valence-electron chi connectivity index (χ0n) is 10.3. The Hall–Kier alpha value is -1.91. The van der Waals surface area contributed by atoms with E-state index < -0.39 is 5.97 Å². The fourth-order valence-corrected chi connectivity index (χ4v) is 1.96. The Morgan fingerprint density at radius 3 is 2.78 bits per heavy atom. The van der Waals surface area contributed by atoms with Crippen LogP contribution in [0.25, 0.3) is 0 Å². The van der Waals surface area contributed by atoms with Crippen molar-refractivity contribution in [1.29, 1.82) is 0 Å². The Morgan fingerprint density at radius 2 is 2.22 bits per heavy atom. The number of aromatic nitrogens is 1. The molecule has 1 aliphatic carbocycles. The number of carbonyl (C=O) groups excluding carboxylic acids is 1. The molecular formula is C13H16N2O3. The Kier molecular flexibility index (Phi) is 3.60. The molecule has 0 spiro atoms. The van der Waals surface area contributed by atoms with Gasteiger partial charge in [-0.3, -0.25) is 9.78 Å². The molecule has 1 aliphatic rings. The molecule has 1 aromatic rings. The number of carbonyl (C=O) groups is 2. The van der Waals surface area contributed by atoms with Gasteiger partial charge in [-0.1, -0.05) is 6.92 Å². The summed E-state index contributed by atoms with van der Waals surface area (Å²) in [6.07, 6.45) is 4.32. The fourth-order valence-electron chi connectivity index (χ4n) is 1.96. The minimum absolute atomic E-state index is 0.0238. The lowest BCUT2D eigenvalue weighted by atomic mass is 10.1. The van der Waals surface area contributed by atoms with E-state index in [0.717, 1.165) is 19.3 Å². The average molecular weight is 248 g/mol. The van der Waals surface area contributed by atoms with Gasteiger partial charge in [0.15, 0.2) is 0 Å². The largest absolute Gasteiger partial charge is 0.478 e. The maximum absolute atomic E-state index is 12.3. The summed E-state index contributed by atoms with van der Waals surface area (Å²) in [4.78, 5) is 29.1. The highest BCUT2D eigenvalue weighted by Gasteiger charge is 2.34. The molecule has 0 atom stereocenters. The lowest BCUT2D eigenvalue weighted by Gasteiger charge is -2.21. The van der Waals surface area contributed by atoms with E-state index in [0.29, 0.717) is 6.54 Å². The van der Waals surface area contributed by atoms with Crippen molar-refractivity contribution in [2.75, 3.05) is 6.54 Å². The van der Waals surface area contributed by atoms with Crippen LogP contribution in [0.4, 0.5) is 0 Å². The van der Waals surface area contributed by atoms with Crippen LogP contribution in [-0.4, -0.2) is 39.5 Å². The molecule has 5 heteroatoms. The van der Waals surface area contributed by atoms with Crippen LogP contribution >= 0.6 is 0 Å². The zero-order chi connectivity index (χ0) is 13.1. The van der Waals surface area contributed by atoms with Crippen LogP contribution in [0.3, 0.4) is 0 Å². The number of aromatic carboxylic acids is 1. The highest BCUT2D eigenvalue weighted by atomic mass is 16.4. The third-order valence-corrected chi connectivity index (χ3v) is 2.95. The van der Waals surface area contributed by atoms with Crippen LogP contribution in [0.1, 0.15) is 47.0 Å². The van der Waals surface area contributed by atoms with E-state index in [-0.39, 0.29) is 23.2 Å². The molecule has 96 valence electrons. The Labute approximate surface area is 105 Å². The van der Waals surface area contributed by atoms with Crippen LogP contribution in [0, 0.1) is 0 Å². The van der Waals surface area contributed by atoms with Crippen molar-refractivity contribution in [1.82, 2.24) is 9.88 Å². The number of carboxylic acids is 1. The van der Waals surface area contributed by atoms with Gasteiger partial charge in [-0.15, -0.1) is 0 Å². The summed E-state index contributed by atoms with van der Waals surface area (Å²) in [7, 11) is 0.